The van der Waals surface area contributed by atoms with Crippen LogP contribution in [-0.4, -0.2) is 14.3 Å². The fourth-order valence-electron chi connectivity index (χ4n) is 1.36. The minimum Gasteiger partial charge on any atom is -0.399 e. The number of nitrogens with two attached hydrogens (primary N) is 1. The van der Waals surface area contributed by atoms with Crippen molar-refractivity contribution in [3.8, 4) is 5.69 Å². The smallest absolute Gasteiger partial charge is 0.350 e. The minimum absolute atomic E-state index is 0.168. The summed E-state index contributed by atoms with van der Waals surface area (Å²) >= 11 is 0. The number of aryl methyl sites for hydroxylation is 1. The van der Waals surface area contributed by atoms with E-state index in [9.17, 15) is 4.79 Å². The Labute approximate surface area is 86.8 Å². The van der Waals surface area contributed by atoms with Gasteiger partial charge in [0.15, 0.2) is 0 Å². The van der Waals surface area contributed by atoms with Crippen LogP contribution in [-0.2, 0) is 7.05 Å². The number of hydrogen-bond donors (Lipinski definition) is 1. The van der Waals surface area contributed by atoms with E-state index in [1.165, 1.54) is 9.25 Å². The Bertz CT molecular complexity index is 553. The topological polar surface area (TPSA) is 65.8 Å². The number of aromatic nitrogens is 3. The Morgan fingerprint density at radius 2 is 2.13 bits per heavy atom. The van der Waals surface area contributed by atoms with Crippen LogP contribution < -0.4 is 11.4 Å². The Kier molecular flexibility index (Phi) is 2.07. The summed E-state index contributed by atoms with van der Waals surface area (Å²) < 4.78 is 2.83. The maximum absolute atomic E-state index is 11.7. The van der Waals surface area contributed by atoms with Gasteiger partial charge in [0.1, 0.15) is 5.82 Å². The van der Waals surface area contributed by atoms with Gasteiger partial charge in [0.2, 0.25) is 0 Å². The number of nitrogen functional groups attached to an aromatic ring is 1. The lowest BCUT2D eigenvalue weighted by Crippen LogP contribution is -2.21. The first-order chi connectivity index (χ1) is 7.09. The van der Waals surface area contributed by atoms with Crippen molar-refractivity contribution in [3.63, 3.8) is 0 Å². The summed E-state index contributed by atoms with van der Waals surface area (Å²) in [7, 11) is 1.69. The van der Waals surface area contributed by atoms with Crippen LogP contribution in [0.3, 0.4) is 0 Å². The van der Waals surface area contributed by atoms with Crippen molar-refractivity contribution < 1.29 is 0 Å². The lowest BCUT2D eigenvalue weighted by atomic mass is 10.3. The van der Waals surface area contributed by atoms with E-state index >= 15 is 0 Å². The van der Waals surface area contributed by atoms with Gasteiger partial charge in [-0.25, -0.2) is 4.79 Å². The summed E-state index contributed by atoms with van der Waals surface area (Å²) in [5.74, 6) is 0.669. The van der Waals surface area contributed by atoms with Gasteiger partial charge in [0.05, 0.1) is 5.69 Å². The Morgan fingerprint density at radius 3 is 2.67 bits per heavy atom. The summed E-state index contributed by atoms with van der Waals surface area (Å²) in [5.41, 5.74) is 6.77. The highest BCUT2D eigenvalue weighted by Crippen LogP contribution is 2.09. The first-order valence-electron chi connectivity index (χ1n) is 4.58. The molecular formula is C10H12N4O. The second-order valence-electron chi connectivity index (χ2n) is 3.40. The standard InChI is InChI=1S/C10H12N4O/c1-7-12-14(10(15)13(7)2)9-5-3-4-8(11)6-9/h3-6H,11H2,1-2H3. The first-order valence-corrected chi connectivity index (χ1v) is 4.58. The fourth-order valence-corrected chi connectivity index (χ4v) is 1.36. The molecule has 5 heteroatoms. The maximum Gasteiger partial charge on any atom is 0.350 e. The number of benzene rings is 1. The van der Waals surface area contributed by atoms with Gasteiger partial charge in [-0.05, 0) is 25.1 Å². The van der Waals surface area contributed by atoms with Crippen molar-refractivity contribution in [3.05, 3.63) is 40.6 Å². The second kappa shape index (κ2) is 3.27. The number of hydrogen-bond acceptors (Lipinski definition) is 3. The average molecular weight is 204 g/mol. The molecule has 2 rings (SSSR count). The summed E-state index contributed by atoms with van der Waals surface area (Å²) in [6.07, 6.45) is 0. The zero-order valence-electron chi connectivity index (χ0n) is 8.64. The highest BCUT2D eigenvalue weighted by Gasteiger charge is 2.07. The molecule has 1 aromatic carbocycles. The summed E-state index contributed by atoms with van der Waals surface area (Å²) in [4.78, 5) is 11.7. The third kappa shape index (κ3) is 1.52. The molecule has 15 heavy (non-hydrogen) atoms. The summed E-state index contributed by atoms with van der Waals surface area (Å²) in [6.45, 7) is 1.78. The van der Waals surface area contributed by atoms with Gasteiger partial charge in [-0.2, -0.15) is 9.78 Å². The van der Waals surface area contributed by atoms with Crippen molar-refractivity contribution in [1.82, 2.24) is 14.3 Å². The number of nitrogens with zero attached hydrogens (tertiary/aromatic N) is 3. The van der Waals surface area contributed by atoms with Gasteiger partial charge in [0.25, 0.3) is 0 Å². The molecule has 2 N–H and O–H groups in total. The third-order valence-corrected chi connectivity index (χ3v) is 2.31. The van der Waals surface area contributed by atoms with Crippen LogP contribution in [0.4, 0.5) is 5.69 Å². The van der Waals surface area contributed by atoms with Crippen LogP contribution in [0.5, 0.6) is 0 Å². The highest BCUT2D eigenvalue weighted by molar-refractivity contribution is 5.46. The largest absolute Gasteiger partial charge is 0.399 e. The third-order valence-electron chi connectivity index (χ3n) is 2.31. The van der Waals surface area contributed by atoms with Crippen LogP contribution in [0.1, 0.15) is 5.82 Å². The lowest BCUT2D eigenvalue weighted by molar-refractivity contribution is 0.795. The van der Waals surface area contributed by atoms with E-state index in [1.807, 2.05) is 0 Å². The van der Waals surface area contributed by atoms with Gasteiger partial charge in [-0.1, -0.05) is 6.07 Å². The summed E-state index contributed by atoms with van der Waals surface area (Å²) in [5, 5.41) is 4.13. The molecule has 0 bridgehead atoms. The first kappa shape index (κ1) is 9.51. The molecule has 0 radical (unpaired) electrons. The fraction of sp³-hybridized carbons (Fsp3) is 0.200. The number of anilines is 1. The van der Waals surface area contributed by atoms with Crippen LogP contribution in [0.2, 0.25) is 0 Å². The van der Waals surface area contributed by atoms with E-state index in [4.69, 9.17) is 5.73 Å². The summed E-state index contributed by atoms with van der Waals surface area (Å²) in [6, 6.07) is 7.07. The second-order valence-corrected chi connectivity index (χ2v) is 3.40. The lowest BCUT2D eigenvalue weighted by Gasteiger charge is -1.99. The molecule has 0 amide bonds. The molecule has 0 atom stereocenters. The van der Waals surface area contributed by atoms with Crippen molar-refractivity contribution in [2.45, 2.75) is 6.92 Å². The van der Waals surface area contributed by atoms with Crippen molar-refractivity contribution in [2.24, 2.45) is 7.05 Å². The molecule has 0 aliphatic rings. The van der Waals surface area contributed by atoms with Crippen LogP contribution in [0.15, 0.2) is 29.1 Å². The van der Waals surface area contributed by atoms with E-state index in [0.29, 0.717) is 17.2 Å². The molecule has 1 heterocycles. The normalized spacial score (nSPS) is 10.5. The van der Waals surface area contributed by atoms with E-state index in [1.54, 1.807) is 38.2 Å². The molecule has 5 nitrogen and oxygen atoms in total. The molecule has 0 aliphatic carbocycles. The quantitative estimate of drug-likeness (QED) is 0.686. The van der Waals surface area contributed by atoms with Crippen LogP contribution in [0.25, 0.3) is 5.69 Å². The average Bonchev–Trinajstić information content (AvgIpc) is 2.46. The molecular weight excluding hydrogens is 192 g/mol. The monoisotopic (exact) mass is 204 g/mol. The Hall–Kier alpha value is -2.04. The predicted molar refractivity (Wildman–Crippen MR) is 58.0 cm³/mol. The zero-order chi connectivity index (χ0) is 11.0. The molecule has 78 valence electrons. The van der Waals surface area contributed by atoms with Crippen molar-refractivity contribution >= 4 is 5.69 Å². The molecule has 0 fully saturated rings. The van der Waals surface area contributed by atoms with Gasteiger partial charge < -0.3 is 5.73 Å². The zero-order valence-corrected chi connectivity index (χ0v) is 8.64. The van der Waals surface area contributed by atoms with E-state index in [0.717, 1.165) is 0 Å². The minimum atomic E-state index is -0.168. The maximum atomic E-state index is 11.7. The molecule has 1 aromatic heterocycles. The molecule has 2 aromatic rings. The van der Waals surface area contributed by atoms with E-state index in [2.05, 4.69) is 5.10 Å². The van der Waals surface area contributed by atoms with Crippen molar-refractivity contribution in [2.75, 3.05) is 5.73 Å². The number of rotatable bonds is 1. The molecule has 0 unspecified atom stereocenters. The van der Waals surface area contributed by atoms with E-state index < -0.39 is 0 Å². The molecule has 0 spiro atoms. The Morgan fingerprint density at radius 1 is 1.40 bits per heavy atom. The Balaban J connectivity index is 2.64. The SMILES string of the molecule is Cc1nn(-c2cccc(N)c2)c(=O)n1C. The molecule has 0 aliphatic heterocycles. The van der Waals surface area contributed by atoms with Crippen molar-refractivity contribution in [1.29, 1.82) is 0 Å². The van der Waals surface area contributed by atoms with Gasteiger partial charge in [0, 0.05) is 12.7 Å². The van der Waals surface area contributed by atoms with E-state index in [-0.39, 0.29) is 5.69 Å². The van der Waals surface area contributed by atoms with Gasteiger partial charge in [-0.15, -0.1) is 0 Å². The van der Waals surface area contributed by atoms with Gasteiger partial charge in [-0.3, -0.25) is 4.57 Å². The van der Waals surface area contributed by atoms with Crippen LogP contribution in [0, 0.1) is 6.92 Å². The van der Waals surface area contributed by atoms with Gasteiger partial charge >= 0.3 is 5.69 Å². The van der Waals surface area contributed by atoms with Crippen LogP contribution >= 0.6 is 0 Å². The molecule has 0 saturated carbocycles. The predicted octanol–water partition coefficient (Wildman–Crippen LogP) is 0.462. The molecule has 0 saturated heterocycles. The highest BCUT2D eigenvalue weighted by atomic mass is 16.2.